The van der Waals surface area contributed by atoms with Crippen LogP contribution in [0.2, 0.25) is 0 Å². The smallest absolute Gasteiger partial charge is 0.189 e. The molecule has 7 heteroatoms. The molecular formula is C21H28N4OS2. The first-order valence-corrected chi connectivity index (χ1v) is 12.3. The molecule has 0 fully saturated rings. The van der Waals surface area contributed by atoms with Gasteiger partial charge in [-0.25, -0.2) is 15.0 Å². The lowest BCUT2D eigenvalue weighted by molar-refractivity contribution is 0.271. The van der Waals surface area contributed by atoms with Crippen molar-refractivity contribution in [2.75, 3.05) is 18.2 Å². The van der Waals surface area contributed by atoms with Gasteiger partial charge in [0.2, 0.25) is 0 Å². The number of hydrogen-bond acceptors (Lipinski definition) is 7. The Hall–Kier alpha value is -1.44. The fraction of sp³-hybridized carbons (Fsp3) is 0.571. The standard InChI is InChI=1S/C21H28N4OS2/c1-4-6-10-15-13-8-7-9-14(13)16-17-18(28-20(16)23-15)19(22-12(5-2)11-26)25-21(24-17)27-3/h12,26H,4-11H2,1-3H3,(H,22,24,25)/t12-/m0/s1. The molecule has 1 aliphatic carbocycles. The van der Waals surface area contributed by atoms with Crippen LogP contribution in [0.25, 0.3) is 20.4 Å². The Morgan fingerprint density at radius 3 is 2.71 bits per heavy atom. The van der Waals surface area contributed by atoms with Crippen molar-refractivity contribution in [2.45, 2.75) is 70.0 Å². The van der Waals surface area contributed by atoms with Gasteiger partial charge in [0.25, 0.3) is 0 Å². The van der Waals surface area contributed by atoms with Gasteiger partial charge in [0, 0.05) is 11.1 Å². The minimum absolute atomic E-state index is 0.00296. The summed E-state index contributed by atoms with van der Waals surface area (Å²) in [6.45, 7) is 4.40. The molecule has 0 bridgehead atoms. The van der Waals surface area contributed by atoms with Crippen LogP contribution in [0.5, 0.6) is 0 Å². The minimum Gasteiger partial charge on any atom is -0.394 e. The van der Waals surface area contributed by atoms with Crippen molar-refractivity contribution < 1.29 is 5.11 Å². The van der Waals surface area contributed by atoms with Gasteiger partial charge in [0.15, 0.2) is 5.16 Å². The highest BCUT2D eigenvalue weighted by Crippen LogP contribution is 2.42. The fourth-order valence-electron chi connectivity index (χ4n) is 4.03. The molecule has 0 aromatic carbocycles. The number of hydrogen-bond donors (Lipinski definition) is 2. The Balaban J connectivity index is 1.94. The van der Waals surface area contributed by atoms with Gasteiger partial charge in [-0.2, -0.15) is 0 Å². The molecule has 0 saturated heterocycles. The second-order valence-electron chi connectivity index (χ2n) is 7.42. The Bertz CT molecular complexity index is 997. The average molecular weight is 417 g/mol. The molecule has 0 spiro atoms. The van der Waals surface area contributed by atoms with E-state index in [4.69, 9.17) is 15.0 Å². The molecule has 5 nitrogen and oxygen atoms in total. The molecule has 1 atom stereocenters. The molecule has 0 radical (unpaired) electrons. The van der Waals surface area contributed by atoms with E-state index in [-0.39, 0.29) is 12.6 Å². The van der Waals surface area contributed by atoms with Crippen LogP contribution in [0.4, 0.5) is 5.82 Å². The predicted octanol–water partition coefficient (Wildman–Crippen LogP) is 4.98. The van der Waals surface area contributed by atoms with Gasteiger partial charge >= 0.3 is 0 Å². The van der Waals surface area contributed by atoms with Crippen LogP contribution in [0.3, 0.4) is 0 Å². The van der Waals surface area contributed by atoms with E-state index in [0.29, 0.717) is 0 Å². The number of pyridine rings is 1. The highest BCUT2D eigenvalue weighted by molar-refractivity contribution is 7.98. The zero-order valence-electron chi connectivity index (χ0n) is 16.8. The van der Waals surface area contributed by atoms with Crippen molar-refractivity contribution >= 4 is 49.3 Å². The van der Waals surface area contributed by atoms with E-state index < -0.39 is 0 Å². The van der Waals surface area contributed by atoms with Gasteiger partial charge in [-0.15, -0.1) is 11.3 Å². The van der Waals surface area contributed by atoms with Crippen LogP contribution in [0, 0.1) is 0 Å². The zero-order chi connectivity index (χ0) is 19.7. The van der Waals surface area contributed by atoms with Crippen molar-refractivity contribution in [3.05, 3.63) is 16.8 Å². The van der Waals surface area contributed by atoms with Crippen LogP contribution < -0.4 is 5.32 Å². The van der Waals surface area contributed by atoms with E-state index in [9.17, 15) is 5.11 Å². The second-order valence-corrected chi connectivity index (χ2v) is 9.20. The first kappa shape index (κ1) is 19.9. The van der Waals surface area contributed by atoms with E-state index in [1.54, 1.807) is 23.1 Å². The minimum atomic E-state index is -0.00296. The number of thiophene rings is 1. The lowest BCUT2D eigenvalue weighted by Crippen LogP contribution is -2.23. The number of aliphatic hydroxyl groups is 1. The number of nitrogens with one attached hydrogen (secondary N) is 1. The van der Waals surface area contributed by atoms with Gasteiger partial charge in [0.1, 0.15) is 10.6 Å². The van der Waals surface area contributed by atoms with Crippen molar-refractivity contribution in [3.63, 3.8) is 0 Å². The Morgan fingerprint density at radius 2 is 2.00 bits per heavy atom. The van der Waals surface area contributed by atoms with E-state index in [0.717, 1.165) is 51.7 Å². The molecule has 150 valence electrons. The van der Waals surface area contributed by atoms with Crippen LogP contribution >= 0.6 is 23.1 Å². The average Bonchev–Trinajstić information content (AvgIpc) is 3.34. The number of nitrogens with zero attached hydrogens (tertiary/aromatic N) is 3. The summed E-state index contributed by atoms with van der Waals surface area (Å²) in [5, 5.41) is 15.1. The summed E-state index contributed by atoms with van der Waals surface area (Å²) >= 11 is 3.25. The first-order chi connectivity index (χ1) is 13.7. The lowest BCUT2D eigenvalue weighted by Gasteiger charge is -2.15. The number of anilines is 1. The third kappa shape index (κ3) is 3.48. The molecule has 4 rings (SSSR count). The summed E-state index contributed by atoms with van der Waals surface area (Å²) in [6.07, 6.45) is 9.77. The Morgan fingerprint density at radius 1 is 1.18 bits per heavy atom. The number of thioether (sulfide) groups is 1. The van der Waals surface area contributed by atoms with Crippen LogP contribution in [-0.2, 0) is 19.3 Å². The summed E-state index contributed by atoms with van der Waals surface area (Å²) in [4.78, 5) is 15.8. The number of aryl methyl sites for hydroxylation is 2. The Labute approximate surface area is 174 Å². The number of aliphatic hydroxyl groups excluding tert-OH is 1. The van der Waals surface area contributed by atoms with Gasteiger partial charge in [-0.05, 0) is 55.9 Å². The molecule has 0 unspecified atom stereocenters. The maximum absolute atomic E-state index is 9.65. The third-order valence-corrected chi connectivity index (χ3v) is 7.23. The largest absolute Gasteiger partial charge is 0.394 e. The second kappa shape index (κ2) is 8.51. The maximum atomic E-state index is 9.65. The molecule has 28 heavy (non-hydrogen) atoms. The van der Waals surface area contributed by atoms with Crippen molar-refractivity contribution in [3.8, 4) is 0 Å². The number of aromatic nitrogens is 3. The molecule has 3 aromatic rings. The van der Waals surface area contributed by atoms with Crippen LogP contribution in [0.15, 0.2) is 5.16 Å². The summed E-state index contributed by atoms with van der Waals surface area (Å²) in [6, 6.07) is -0.00296. The zero-order valence-corrected chi connectivity index (χ0v) is 18.5. The quantitative estimate of drug-likeness (QED) is 0.399. The normalized spacial score (nSPS) is 14.7. The summed E-state index contributed by atoms with van der Waals surface area (Å²) in [5.74, 6) is 0.833. The van der Waals surface area contributed by atoms with Gasteiger partial charge in [-0.3, -0.25) is 0 Å². The molecule has 0 amide bonds. The maximum Gasteiger partial charge on any atom is 0.189 e. The molecule has 0 saturated carbocycles. The molecule has 2 N–H and O–H groups in total. The monoisotopic (exact) mass is 416 g/mol. The molecule has 3 aromatic heterocycles. The van der Waals surface area contributed by atoms with Gasteiger partial charge in [-0.1, -0.05) is 32.0 Å². The molecular weight excluding hydrogens is 388 g/mol. The van der Waals surface area contributed by atoms with E-state index in [1.807, 2.05) is 6.26 Å². The molecule has 1 aliphatic rings. The van der Waals surface area contributed by atoms with E-state index >= 15 is 0 Å². The van der Waals surface area contributed by atoms with E-state index in [2.05, 4.69) is 19.2 Å². The van der Waals surface area contributed by atoms with Gasteiger partial charge < -0.3 is 10.4 Å². The summed E-state index contributed by atoms with van der Waals surface area (Å²) < 4.78 is 1.06. The first-order valence-electron chi connectivity index (χ1n) is 10.3. The van der Waals surface area contributed by atoms with Crippen LogP contribution in [0.1, 0.15) is 56.4 Å². The predicted molar refractivity (Wildman–Crippen MR) is 120 cm³/mol. The molecule has 0 aliphatic heterocycles. The Kier molecular flexibility index (Phi) is 6.04. The van der Waals surface area contributed by atoms with Crippen LogP contribution in [-0.4, -0.2) is 39.0 Å². The summed E-state index contributed by atoms with van der Waals surface area (Å²) in [5.41, 5.74) is 5.26. The van der Waals surface area contributed by atoms with Gasteiger partial charge in [0.05, 0.1) is 22.9 Å². The van der Waals surface area contributed by atoms with Crippen molar-refractivity contribution in [1.82, 2.24) is 15.0 Å². The third-order valence-electron chi connectivity index (χ3n) is 5.60. The SMILES string of the molecule is CCCCc1nc2sc3c(N[C@@H](CC)CO)nc(SC)nc3c2c2c1CCC2. The van der Waals surface area contributed by atoms with Crippen molar-refractivity contribution in [1.29, 1.82) is 0 Å². The number of fused-ring (bicyclic) bond motifs is 5. The highest BCUT2D eigenvalue weighted by Gasteiger charge is 2.25. The topological polar surface area (TPSA) is 70.9 Å². The number of rotatable bonds is 8. The van der Waals surface area contributed by atoms with E-state index in [1.165, 1.54) is 41.5 Å². The summed E-state index contributed by atoms with van der Waals surface area (Å²) in [7, 11) is 0. The highest BCUT2D eigenvalue weighted by atomic mass is 32.2. The number of unbranched alkanes of at least 4 members (excludes halogenated alkanes) is 1. The lowest BCUT2D eigenvalue weighted by atomic mass is 10.0. The fourth-order valence-corrected chi connectivity index (χ4v) is 5.52. The van der Waals surface area contributed by atoms with Crippen molar-refractivity contribution in [2.24, 2.45) is 0 Å². The molecule has 3 heterocycles.